The average molecular weight is 234 g/mol. The van der Waals surface area contributed by atoms with E-state index in [-0.39, 0.29) is 0 Å². The third-order valence-corrected chi connectivity index (χ3v) is 2.91. The number of halogens is 2. The van der Waals surface area contributed by atoms with E-state index in [9.17, 15) is 5.11 Å². The summed E-state index contributed by atoms with van der Waals surface area (Å²) in [5.41, 5.74) is 5.19. The maximum Gasteiger partial charge on any atom is 0.0881 e. The van der Waals surface area contributed by atoms with E-state index < -0.39 is 5.60 Å². The quantitative estimate of drug-likeness (QED) is 0.844. The Hall–Kier alpha value is -0.280. The summed E-state index contributed by atoms with van der Waals surface area (Å²) in [4.78, 5) is 0. The van der Waals surface area contributed by atoms with Crippen LogP contribution in [-0.2, 0) is 5.60 Å². The first kappa shape index (κ1) is 11.8. The molecule has 14 heavy (non-hydrogen) atoms. The van der Waals surface area contributed by atoms with Gasteiger partial charge in [-0.3, -0.25) is 0 Å². The maximum absolute atomic E-state index is 10.0. The van der Waals surface area contributed by atoms with Gasteiger partial charge in [-0.05, 0) is 37.6 Å². The molecule has 0 bridgehead atoms. The van der Waals surface area contributed by atoms with Crippen molar-refractivity contribution in [3.05, 3.63) is 33.8 Å². The van der Waals surface area contributed by atoms with Gasteiger partial charge in [-0.1, -0.05) is 29.3 Å². The molecule has 0 fully saturated rings. The molecular formula is C10H13Cl2NO. The van der Waals surface area contributed by atoms with Crippen molar-refractivity contribution in [3.63, 3.8) is 0 Å². The standard InChI is InChI=1S/C10H13Cl2NO/c1-10(14,4-5-13)7-2-3-8(11)9(12)6-7/h2-3,6,14H,4-5,13H2,1H3. The molecule has 0 heterocycles. The molecule has 0 saturated heterocycles. The Morgan fingerprint density at radius 3 is 2.50 bits per heavy atom. The Kier molecular flexibility index (Phi) is 3.78. The molecule has 0 amide bonds. The molecule has 1 aromatic rings. The summed E-state index contributed by atoms with van der Waals surface area (Å²) in [5.74, 6) is 0. The first-order valence-corrected chi connectivity index (χ1v) is 5.11. The fraction of sp³-hybridized carbons (Fsp3) is 0.400. The SMILES string of the molecule is CC(O)(CCN)c1ccc(Cl)c(Cl)c1. The second kappa shape index (κ2) is 4.49. The Bertz CT molecular complexity index is 326. The lowest BCUT2D eigenvalue weighted by Gasteiger charge is -2.23. The van der Waals surface area contributed by atoms with Gasteiger partial charge in [0.2, 0.25) is 0 Å². The largest absolute Gasteiger partial charge is 0.385 e. The zero-order chi connectivity index (χ0) is 10.8. The molecule has 0 aliphatic heterocycles. The third-order valence-electron chi connectivity index (χ3n) is 2.17. The minimum Gasteiger partial charge on any atom is -0.385 e. The molecule has 78 valence electrons. The van der Waals surface area contributed by atoms with Crippen LogP contribution in [0.4, 0.5) is 0 Å². The Morgan fingerprint density at radius 2 is 2.00 bits per heavy atom. The number of hydrogen-bond acceptors (Lipinski definition) is 2. The highest BCUT2D eigenvalue weighted by Gasteiger charge is 2.22. The van der Waals surface area contributed by atoms with Crippen LogP contribution in [0.15, 0.2) is 18.2 Å². The second-order valence-electron chi connectivity index (χ2n) is 3.44. The molecule has 4 heteroatoms. The van der Waals surface area contributed by atoms with Gasteiger partial charge in [-0.25, -0.2) is 0 Å². The molecule has 0 aliphatic rings. The van der Waals surface area contributed by atoms with Gasteiger partial charge in [0.1, 0.15) is 0 Å². The van der Waals surface area contributed by atoms with Crippen molar-refractivity contribution in [2.45, 2.75) is 18.9 Å². The second-order valence-corrected chi connectivity index (χ2v) is 4.26. The molecule has 1 unspecified atom stereocenters. The molecular weight excluding hydrogens is 221 g/mol. The van der Waals surface area contributed by atoms with Crippen LogP contribution in [0.2, 0.25) is 10.0 Å². The van der Waals surface area contributed by atoms with Gasteiger partial charge >= 0.3 is 0 Å². The molecule has 3 N–H and O–H groups in total. The van der Waals surface area contributed by atoms with Crippen molar-refractivity contribution in [2.75, 3.05) is 6.54 Å². The molecule has 1 rings (SSSR count). The van der Waals surface area contributed by atoms with E-state index in [1.165, 1.54) is 0 Å². The van der Waals surface area contributed by atoms with E-state index in [1.54, 1.807) is 25.1 Å². The Labute approximate surface area is 93.6 Å². The number of hydrogen-bond donors (Lipinski definition) is 2. The van der Waals surface area contributed by atoms with Crippen LogP contribution in [0, 0.1) is 0 Å². The van der Waals surface area contributed by atoms with Gasteiger partial charge in [0.15, 0.2) is 0 Å². The summed E-state index contributed by atoms with van der Waals surface area (Å²) in [7, 11) is 0. The van der Waals surface area contributed by atoms with E-state index >= 15 is 0 Å². The molecule has 0 saturated carbocycles. The fourth-order valence-electron chi connectivity index (χ4n) is 1.26. The summed E-state index contributed by atoms with van der Waals surface area (Å²) in [5, 5.41) is 11.0. The van der Waals surface area contributed by atoms with Gasteiger partial charge in [0.05, 0.1) is 15.6 Å². The van der Waals surface area contributed by atoms with Crippen molar-refractivity contribution >= 4 is 23.2 Å². The van der Waals surface area contributed by atoms with Crippen LogP contribution in [0.5, 0.6) is 0 Å². The third kappa shape index (κ3) is 2.61. The lowest BCUT2D eigenvalue weighted by Crippen LogP contribution is -2.24. The van der Waals surface area contributed by atoms with Crippen LogP contribution in [0.25, 0.3) is 0 Å². The summed E-state index contributed by atoms with van der Waals surface area (Å²) in [6.07, 6.45) is 0.491. The number of aliphatic hydroxyl groups is 1. The van der Waals surface area contributed by atoms with E-state index in [2.05, 4.69) is 0 Å². The van der Waals surface area contributed by atoms with Gasteiger partial charge < -0.3 is 10.8 Å². The normalized spacial score (nSPS) is 15.2. The zero-order valence-electron chi connectivity index (χ0n) is 7.93. The molecule has 0 aromatic heterocycles. The van der Waals surface area contributed by atoms with Crippen molar-refractivity contribution in [3.8, 4) is 0 Å². The minimum absolute atomic E-state index is 0.424. The van der Waals surface area contributed by atoms with Crippen molar-refractivity contribution in [2.24, 2.45) is 5.73 Å². The van der Waals surface area contributed by atoms with Crippen LogP contribution in [0.1, 0.15) is 18.9 Å². The average Bonchev–Trinajstić information content (AvgIpc) is 2.09. The first-order chi connectivity index (χ1) is 6.47. The van der Waals surface area contributed by atoms with Crippen LogP contribution in [0.3, 0.4) is 0 Å². The van der Waals surface area contributed by atoms with Crippen LogP contribution in [-0.4, -0.2) is 11.7 Å². The summed E-state index contributed by atoms with van der Waals surface area (Å²) >= 11 is 11.6. The number of nitrogens with two attached hydrogens (primary N) is 1. The zero-order valence-corrected chi connectivity index (χ0v) is 9.44. The van der Waals surface area contributed by atoms with Crippen LogP contribution >= 0.6 is 23.2 Å². The molecule has 0 aliphatic carbocycles. The predicted octanol–water partition coefficient (Wildman–Crippen LogP) is 2.55. The lowest BCUT2D eigenvalue weighted by atomic mass is 9.93. The molecule has 1 aromatic carbocycles. The Morgan fingerprint density at radius 1 is 1.36 bits per heavy atom. The first-order valence-electron chi connectivity index (χ1n) is 4.35. The monoisotopic (exact) mass is 233 g/mol. The number of benzene rings is 1. The highest BCUT2D eigenvalue weighted by atomic mass is 35.5. The van der Waals surface area contributed by atoms with E-state index in [1.807, 2.05) is 0 Å². The van der Waals surface area contributed by atoms with E-state index in [0.717, 1.165) is 5.56 Å². The molecule has 0 spiro atoms. The lowest BCUT2D eigenvalue weighted by molar-refractivity contribution is 0.0504. The fourth-order valence-corrected chi connectivity index (χ4v) is 1.55. The summed E-state index contributed by atoms with van der Waals surface area (Å²) in [6, 6.07) is 5.09. The highest BCUT2D eigenvalue weighted by molar-refractivity contribution is 6.42. The highest BCUT2D eigenvalue weighted by Crippen LogP contribution is 2.30. The molecule has 1 atom stereocenters. The van der Waals surface area contributed by atoms with Gasteiger partial charge in [-0.15, -0.1) is 0 Å². The van der Waals surface area contributed by atoms with E-state index in [4.69, 9.17) is 28.9 Å². The van der Waals surface area contributed by atoms with Gasteiger partial charge in [0.25, 0.3) is 0 Å². The topological polar surface area (TPSA) is 46.2 Å². The summed E-state index contributed by atoms with van der Waals surface area (Å²) < 4.78 is 0. The van der Waals surface area contributed by atoms with Gasteiger partial charge in [0, 0.05) is 0 Å². The van der Waals surface area contributed by atoms with Crippen molar-refractivity contribution in [1.29, 1.82) is 0 Å². The number of rotatable bonds is 3. The minimum atomic E-state index is -0.941. The van der Waals surface area contributed by atoms with Gasteiger partial charge in [-0.2, -0.15) is 0 Å². The predicted molar refractivity (Wildman–Crippen MR) is 59.7 cm³/mol. The molecule has 0 radical (unpaired) electrons. The molecule has 2 nitrogen and oxygen atoms in total. The smallest absolute Gasteiger partial charge is 0.0881 e. The van der Waals surface area contributed by atoms with E-state index in [0.29, 0.717) is 23.0 Å². The maximum atomic E-state index is 10.0. The Balaban J connectivity index is 3.01. The van der Waals surface area contributed by atoms with Crippen LogP contribution < -0.4 is 5.73 Å². The van der Waals surface area contributed by atoms with Crippen molar-refractivity contribution < 1.29 is 5.11 Å². The summed E-state index contributed by atoms with van der Waals surface area (Å²) in [6.45, 7) is 2.13. The van der Waals surface area contributed by atoms with Crippen molar-refractivity contribution in [1.82, 2.24) is 0 Å².